The van der Waals surface area contributed by atoms with Crippen LogP contribution in [-0.4, -0.2) is 317 Å². The van der Waals surface area contributed by atoms with Crippen molar-refractivity contribution in [1.82, 2.24) is 40.9 Å². The maximum absolute atomic E-state index is 13.7. The van der Waals surface area contributed by atoms with Crippen LogP contribution in [0.2, 0.25) is 0 Å². The Kier molecular flexibility index (Phi) is 45.4. The maximum atomic E-state index is 13.7. The highest BCUT2D eigenvalue weighted by Crippen LogP contribution is 2.27. The van der Waals surface area contributed by atoms with E-state index in [4.69, 9.17) is 42.6 Å². The van der Waals surface area contributed by atoms with Crippen LogP contribution in [0.4, 0.5) is 17.6 Å². The molecule has 92 heavy (non-hydrogen) atoms. The zero-order valence-electron chi connectivity index (χ0n) is 52.2. The van der Waals surface area contributed by atoms with Gasteiger partial charge in [-0.2, -0.15) is 8.78 Å². The normalized spacial score (nSPS) is 14.5. The lowest BCUT2D eigenvalue weighted by atomic mass is 10.1. The highest BCUT2D eigenvalue weighted by Gasteiger charge is 2.29. The number of carbonyl (C=O) groups excluding carboxylic acids is 5. The summed E-state index contributed by atoms with van der Waals surface area (Å²) in [6, 6.07) is -2.29. The summed E-state index contributed by atoms with van der Waals surface area (Å²) in [7, 11) is 1.57. The molecule has 526 valence electrons. The van der Waals surface area contributed by atoms with Gasteiger partial charge in [0.2, 0.25) is 41.0 Å². The van der Waals surface area contributed by atoms with Crippen LogP contribution in [-0.2, 0) is 85.8 Å². The Morgan fingerprint density at radius 1 is 0.457 bits per heavy atom. The number of unbranched alkanes of at least 4 members (excludes halogenated alkanes) is 1. The lowest BCUT2D eigenvalue weighted by molar-refractivity contribution is -0.145. The summed E-state index contributed by atoms with van der Waals surface area (Å²) in [4.78, 5) is 118. The SMILES string of the molecule is COCCOCCOCCOCCNC(=O)[C@H](CCC(=O)NCCCCNC(=O)CCC(C(=O)O)N1CCN(CC(=O)O)CCN(CC(=O)O)CCN(CC(=O)O)CC1)NC(=O)CCOCCOCCOCCOCCOCCC(=O)Oc1c(F)c(F)cc(F)c1F. The van der Waals surface area contributed by atoms with Gasteiger partial charge in [-0.25, -0.2) is 8.78 Å². The highest BCUT2D eigenvalue weighted by molar-refractivity contribution is 5.88. The number of carboxylic acids is 4. The number of benzene rings is 1. The second-order valence-corrected chi connectivity index (χ2v) is 20.5. The molecule has 1 aliphatic heterocycles. The van der Waals surface area contributed by atoms with Gasteiger partial charge in [-0.15, -0.1) is 0 Å². The molecule has 0 bridgehead atoms. The number of carbonyl (C=O) groups is 9. The van der Waals surface area contributed by atoms with Crippen LogP contribution in [0.5, 0.6) is 5.75 Å². The van der Waals surface area contributed by atoms with Crippen molar-refractivity contribution >= 4 is 53.5 Å². The number of amides is 4. The fraction of sp³-hybridized carbons (Fsp3) is 0.737. The third kappa shape index (κ3) is 40.6. The van der Waals surface area contributed by atoms with Crippen molar-refractivity contribution in [2.24, 2.45) is 0 Å². The first-order chi connectivity index (χ1) is 44.2. The monoisotopic (exact) mass is 1330 g/mol. The molecule has 4 amide bonds. The van der Waals surface area contributed by atoms with E-state index in [1.807, 2.05) is 0 Å². The summed E-state index contributed by atoms with van der Waals surface area (Å²) in [6.07, 6.45) is -0.184. The average Bonchev–Trinajstić information content (AvgIpc) is 1.21. The molecule has 0 spiro atoms. The molecule has 1 aliphatic rings. The third-order valence-electron chi connectivity index (χ3n) is 13.3. The van der Waals surface area contributed by atoms with E-state index in [0.717, 1.165) is 0 Å². The van der Waals surface area contributed by atoms with E-state index in [9.17, 15) is 81.1 Å². The van der Waals surface area contributed by atoms with Crippen LogP contribution < -0.4 is 26.0 Å². The van der Waals surface area contributed by atoms with E-state index in [1.54, 1.807) is 26.7 Å². The van der Waals surface area contributed by atoms with Crippen molar-refractivity contribution < 1.29 is 129 Å². The molecule has 1 aromatic rings. The summed E-state index contributed by atoms with van der Waals surface area (Å²) >= 11 is 0. The Morgan fingerprint density at radius 2 is 0.837 bits per heavy atom. The molecule has 0 aromatic heterocycles. The van der Waals surface area contributed by atoms with Gasteiger partial charge in [0.25, 0.3) is 0 Å². The number of rotatable bonds is 52. The Labute approximate surface area is 531 Å². The summed E-state index contributed by atoms with van der Waals surface area (Å²) in [5.41, 5.74) is 0. The van der Waals surface area contributed by atoms with Crippen molar-refractivity contribution in [3.05, 3.63) is 29.3 Å². The Morgan fingerprint density at radius 3 is 1.25 bits per heavy atom. The third-order valence-corrected chi connectivity index (χ3v) is 13.3. The summed E-state index contributed by atoms with van der Waals surface area (Å²) < 4.78 is 106. The molecular weight excluding hydrogens is 1240 g/mol. The number of nitrogens with one attached hydrogen (secondary N) is 4. The minimum Gasteiger partial charge on any atom is -0.480 e. The van der Waals surface area contributed by atoms with E-state index in [2.05, 4.69) is 26.0 Å². The van der Waals surface area contributed by atoms with Crippen LogP contribution in [0.25, 0.3) is 0 Å². The second-order valence-electron chi connectivity index (χ2n) is 20.5. The van der Waals surface area contributed by atoms with Crippen LogP contribution in [0.1, 0.15) is 51.4 Å². The van der Waals surface area contributed by atoms with Crippen LogP contribution in [0.15, 0.2) is 6.07 Å². The first-order valence-corrected chi connectivity index (χ1v) is 30.2. The minimum atomic E-state index is -1.84. The lowest BCUT2D eigenvalue weighted by Gasteiger charge is -2.35. The van der Waals surface area contributed by atoms with E-state index < -0.39 is 101 Å². The average molecular weight is 1330 g/mol. The van der Waals surface area contributed by atoms with Crippen molar-refractivity contribution in [1.29, 1.82) is 0 Å². The van der Waals surface area contributed by atoms with Gasteiger partial charge in [0.15, 0.2) is 11.6 Å². The molecule has 1 saturated heterocycles. The molecule has 35 heteroatoms. The number of halogens is 4. The number of aliphatic carboxylic acids is 4. The molecule has 31 nitrogen and oxygen atoms in total. The molecule has 2 rings (SSSR count). The van der Waals surface area contributed by atoms with Gasteiger partial charge >= 0.3 is 29.8 Å². The van der Waals surface area contributed by atoms with E-state index in [-0.39, 0.29) is 209 Å². The first kappa shape index (κ1) is 81.7. The van der Waals surface area contributed by atoms with Crippen molar-refractivity contribution in [2.75, 3.05) is 211 Å². The van der Waals surface area contributed by atoms with Gasteiger partial charge in [0, 0.05) is 104 Å². The number of esters is 1. The molecule has 8 N–H and O–H groups in total. The summed E-state index contributed by atoms with van der Waals surface area (Å²) in [5.74, 6) is -16.2. The first-order valence-electron chi connectivity index (χ1n) is 30.2. The molecule has 1 aromatic carbocycles. The number of nitrogens with zero attached hydrogens (tertiary/aromatic N) is 4. The molecule has 1 heterocycles. The van der Waals surface area contributed by atoms with Gasteiger partial charge in [-0.3, -0.25) is 62.8 Å². The second kappa shape index (κ2) is 51.1. The van der Waals surface area contributed by atoms with Gasteiger partial charge in [0.05, 0.1) is 138 Å². The van der Waals surface area contributed by atoms with Crippen LogP contribution >= 0.6 is 0 Å². The molecule has 1 unspecified atom stereocenters. The Bertz CT molecular complexity index is 2280. The molecule has 0 aliphatic carbocycles. The fourth-order valence-electron chi connectivity index (χ4n) is 8.50. The van der Waals surface area contributed by atoms with Gasteiger partial charge < -0.3 is 89.1 Å². The van der Waals surface area contributed by atoms with Gasteiger partial charge in [0.1, 0.15) is 12.1 Å². The highest BCUT2D eigenvalue weighted by atomic mass is 19.2. The van der Waals surface area contributed by atoms with E-state index >= 15 is 0 Å². The predicted octanol–water partition coefficient (Wildman–Crippen LogP) is -1.19. The topological polar surface area (TPSA) is 388 Å². The van der Waals surface area contributed by atoms with Crippen molar-refractivity contribution in [2.45, 2.75) is 63.5 Å². The number of hydrogen-bond acceptors (Lipinski definition) is 23. The standard InChI is InChI=1S/C57H92F4N8O23/c1-83-24-25-87-32-33-90-31-28-86-23-12-64-56(80)44(65-48(72)8-21-84-26-29-88-34-36-91-37-35-89-30-27-85-22-9-52(79)92-55-53(60)42(58)38-43(59)54(55)61)4-6-46(70)62-10-2-3-11-63-47(71)7-5-45(57(81)82)69-19-17-67(40-50(75)76)15-13-66(39-49(73)74)14-16-68(18-20-69)41-51(77)78/h38,44-45H,2-37,39-41H2,1H3,(H,62,70)(H,63,71)(H,64,80)(H,65,72)(H,73,74)(H,75,76)(H,77,78)(H,81,82)/t44-,45?/m0/s1. The van der Waals surface area contributed by atoms with Gasteiger partial charge in [-0.1, -0.05) is 0 Å². The predicted molar refractivity (Wildman–Crippen MR) is 313 cm³/mol. The summed E-state index contributed by atoms with van der Waals surface area (Å²) in [6.45, 7) is 3.80. The van der Waals surface area contributed by atoms with Crippen LogP contribution in [0.3, 0.4) is 0 Å². The number of methoxy groups -OCH3 is 1. The molecule has 0 saturated carbocycles. The Balaban J connectivity index is 1.74. The van der Waals surface area contributed by atoms with Crippen molar-refractivity contribution in [3.8, 4) is 5.75 Å². The molecular formula is C57H92F4N8O23. The molecule has 0 radical (unpaired) electrons. The van der Waals surface area contributed by atoms with Crippen LogP contribution in [0, 0.1) is 23.3 Å². The zero-order valence-corrected chi connectivity index (χ0v) is 52.2. The smallest absolute Gasteiger partial charge is 0.320 e. The van der Waals surface area contributed by atoms with Crippen molar-refractivity contribution in [3.63, 3.8) is 0 Å². The fourth-order valence-corrected chi connectivity index (χ4v) is 8.50. The molecule has 1 fully saturated rings. The quantitative estimate of drug-likeness (QED) is 0.0125. The van der Waals surface area contributed by atoms with Gasteiger partial charge in [-0.05, 0) is 25.7 Å². The zero-order chi connectivity index (χ0) is 67.7. The Hall–Kier alpha value is -6.35. The maximum Gasteiger partial charge on any atom is 0.320 e. The minimum absolute atomic E-state index is 0.00789. The molecule has 2 atom stereocenters. The van der Waals surface area contributed by atoms with E-state index in [1.165, 1.54) is 0 Å². The lowest BCUT2D eigenvalue weighted by Crippen LogP contribution is -2.52. The van der Waals surface area contributed by atoms with E-state index in [0.29, 0.717) is 45.9 Å². The number of hydrogen-bond donors (Lipinski definition) is 8. The summed E-state index contributed by atoms with van der Waals surface area (Å²) in [5, 5.41) is 49.7. The largest absolute Gasteiger partial charge is 0.480 e. The number of carboxylic acid groups (broad SMARTS) is 4. The number of ether oxygens (including phenoxy) is 10.